The highest BCUT2D eigenvalue weighted by atomic mass is 16.5. The Morgan fingerprint density at radius 2 is 1.69 bits per heavy atom. The van der Waals surface area contributed by atoms with Gasteiger partial charge in [-0.05, 0) is 31.9 Å². The first kappa shape index (κ1) is 26.4. The van der Waals surface area contributed by atoms with Crippen molar-refractivity contribution in [3.05, 3.63) is 96.1 Å². The number of aromatic nitrogens is 1. The number of amides is 2. The van der Waals surface area contributed by atoms with Crippen LogP contribution in [-0.4, -0.2) is 47.1 Å². The first-order valence-electron chi connectivity index (χ1n) is 13.4. The Bertz CT molecular complexity index is 1470. The van der Waals surface area contributed by atoms with E-state index in [1.54, 1.807) is 4.90 Å². The van der Waals surface area contributed by atoms with Crippen LogP contribution in [0.3, 0.4) is 0 Å². The summed E-state index contributed by atoms with van der Waals surface area (Å²) in [5, 5.41) is 7.18. The minimum absolute atomic E-state index is 0.0233. The van der Waals surface area contributed by atoms with E-state index in [0.29, 0.717) is 41.0 Å². The molecule has 2 amide bonds. The summed E-state index contributed by atoms with van der Waals surface area (Å²) in [6.07, 6.45) is 0.736. The smallest absolute Gasteiger partial charge is 0.256 e. The summed E-state index contributed by atoms with van der Waals surface area (Å²) in [5.74, 6) is 0.212. The maximum absolute atomic E-state index is 14.1. The minimum Gasteiger partial charge on any atom is -0.489 e. The van der Waals surface area contributed by atoms with Gasteiger partial charge in [-0.2, -0.15) is 0 Å². The quantitative estimate of drug-likeness (QED) is 0.311. The molecule has 0 bridgehead atoms. The van der Waals surface area contributed by atoms with Crippen LogP contribution in [0.15, 0.2) is 84.9 Å². The van der Waals surface area contributed by atoms with Gasteiger partial charge < -0.3 is 15.0 Å². The van der Waals surface area contributed by atoms with Crippen LogP contribution in [0, 0.1) is 0 Å². The Hall–Kier alpha value is -4.23. The Labute approximate surface area is 229 Å². The maximum Gasteiger partial charge on any atom is 0.256 e. The molecule has 2 heterocycles. The molecular weight excluding hydrogens is 488 g/mol. The number of pyridine rings is 1. The van der Waals surface area contributed by atoms with Crippen molar-refractivity contribution in [3.8, 4) is 17.0 Å². The van der Waals surface area contributed by atoms with Gasteiger partial charge >= 0.3 is 0 Å². The SMILES string of the molecule is CC[C@H](NC(=O)c1c(OCCN2C(=O)CNC2(C)C)c(-c2ccccc2)nc2ccccc12)c1ccccc1. The molecule has 1 atom stereocenters. The van der Waals surface area contributed by atoms with Gasteiger partial charge in [-0.15, -0.1) is 0 Å². The normalized spacial score (nSPS) is 15.4. The maximum atomic E-state index is 14.1. The molecule has 1 saturated heterocycles. The fourth-order valence-electron chi connectivity index (χ4n) is 5.13. The topological polar surface area (TPSA) is 83.6 Å². The van der Waals surface area contributed by atoms with Crippen molar-refractivity contribution in [3.63, 3.8) is 0 Å². The van der Waals surface area contributed by atoms with E-state index in [0.717, 1.165) is 17.5 Å². The van der Waals surface area contributed by atoms with Crippen LogP contribution in [0.1, 0.15) is 49.2 Å². The van der Waals surface area contributed by atoms with Crippen molar-refractivity contribution in [2.75, 3.05) is 19.7 Å². The molecule has 0 aliphatic carbocycles. The van der Waals surface area contributed by atoms with Crippen molar-refractivity contribution in [1.82, 2.24) is 20.5 Å². The van der Waals surface area contributed by atoms with Crippen LogP contribution in [0.2, 0.25) is 0 Å². The summed E-state index contributed by atoms with van der Waals surface area (Å²) < 4.78 is 6.43. The predicted octanol–water partition coefficient (Wildman–Crippen LogP) is 5.33. The molecule has 200 valence electrons. The van der Waals surface area contributed by atoms with Crippen molar-refractivity contribution in [2.24, 2.45) is 0 Å². The number of nitrogens with one attached hydrogen (secondary N) is 2. The lowest BCUT2D eigenvalue weighted by Crippen LogP contribution is -2.48. The number of ether oxygens (including phenoxy) is 1. The Morgan fingerprint density at radius 1 is 1.03 bits per heavy atom. The van der Waals surface area contributed by atoms with Gasteiger partial charge in [0.25, 0.3) is 5.91 Å². The third-order valence-corrected chi connectivity index (χ3v) is 7.25. The second-order valence-electron chi connectivity index (χ2n) is 10.2. The van der Waals surface area contributed by atoms with E-state index in [2.05, 4.69) is 17.6 Å². The molecule has 1 aliphatic rings. The Kier molecular flexibility index (Phi) is 7.61. The summed E-state index contributed by atoms with van der Waals surface area (Å²) in [4.78, 5) is 33.3. The second kappa shape index (κ2) is 11.3. The van der Waals surface area contributed by atoms with Gasteiger partial charge in [0, 0.05) is 10.9 Å². The summed E-state index contributed by atoms with van der Waals surface area (Å²) in [5.41, 5.74) is 3.17. The largest absolute Gasteiger partial charge is 0.489 e. The van der Waals surface area contributed by atoms with Crippen LogP contribution in [0.4, 0.5) is 0 Å². The van der Waals surface area contributed by atoms with Crippen molar-refractivity contribution >= 4 is 22.7 Å². The fourth-order valence-corrected chi connectivity index (χ4v) is 5.13. The molecule has 1 aliphatic heterocycles. The zero-order valence-corrected chi connectivity index (χ0v) is 22.6. The number of carbonyl (C=O) groups excluding carboxylic acids is 2. The van der Waals surface area contributed by atoms with Crippen LogP contribution in [0.25, 0.3) is 22.2 Å². The Morgan fingerprint density at radius 3 is 2.36 bits per heavy atom. The second-order valence-corrected chi connectivity index (χ2v) is 10.2. The summed E-state index contributed by atoms with van der Waals surface area (Å²) in [7, 11) is 0. The lowest BCUT2D eigenvalue weighted by molar-refractivity contribution is -0.130. The van der Waals surface area contributed by atoms with E-state index >= 15 is 0 Å². The average molecular weight is 523 g/mol. The molecule has 0 radical (unpaired) electrons. The third kappa shape index (κ3) is 5.49. The summed E-state index contributed by atoms with van der Waals surface area (Å²) in [6.45, 7) is 6.88. The highest BCUT2D eigenvalue weighted by molar-refractivity contribution is 6.10. The van der Waals surface area contributed by atoms with Crippen LogP contribution < -0.4 is 15.4 Å². The van der Waals surface area contributed by atoms with Crippen molar-refractivity contribution in [1.29, 1.82) is 0 Å². The molecule has 3 aromatic carbocycles. The zero-order valence-electron chi connectivity index (χ0n) is 22.6. The van der Waals surface area contributed by atoms with Gasteiger partial charge in [0.2, 0.25) is 5.91 Å². The number of para-hydroxylation sites is 1. The summed E-state index contributed by atoms with van der Waals surface area (Å²) >= 11 is 0. The van der Waals surface area contributed by atoms with Crippen molar-refractivity contribution < 1.29 is 14.3 Å². The summed E-state index contributed by atoms with van der Waals surface area (Å²) in [6, 6.07) is 27.2. The highest BCUT2D eigenvalue weighted by Gasteiger charge is 2.37. The standard InChI is InChI=1S/C32H34N4O3/c1-4-25(22-13-7-5-8-14-22)35-31(38)28-24-17-11-12-18-26(24)34-29(23-15-9-6-10-16-23)30(28)39-20-19-36-27(37)21-33-32(36,2)3/h5-18,25,33H,4,19-21H2,1-3H3,(H,35,38)/t25-/m0/s1. The van der Waals surface area contributed by atoms with Crippen LogP contribution in [0.5, 0.6) is 5.75 Å². The van der Waals surface area contributed by atoms with E-state index in [9.17, 15) is 9.59 Å². The van der Waals surface area contributed by atoms with E-state index in [4.69, 9.17) is 9.72 Å². The number of benzene rings is 3. The van der Waals surface area contributed by atoms with Crippen molar-refractivity contribution in [2.45, 2.75) is 38.9 Å². The molecule has 0 spiro atoms. The van der Waals surface area contributed by atoms with Crippen LogP contribution in [-0.2, 0) is 4.79 Å². The molecule has 39 heavy (non-hydrogen) atoms. The molecule has 7 heteroatoms. The van der Waals surface area contributed by atoms with Gasteiger partial charge in [0.1, 0.15) is 12.3 Å². The van der Waals surface area contributed by atoms with E-state index < -0.39 is 5.66 Å². The van der Waals surface area contributed by atoms with Gasteiger partial charge in [0.15, 0.2) is 5.75 Å². The molecule has 5 rings (SSSR count). The molecule has 2 N–H and O–H groups in total. The Balaban J connectivity index is 1.57. The number of hydrogen-bond acceptors (Lipinski definition) is 5. The number of rotatable bonds is 9. The van der Waals surface area contributed by atoms with Gasteiger partial charge in [-0.1, -0.05) is 85.8 Å². The lowest BCUT2D eigenvalue weighted by Gasteiger charge is -2.31. The fraction of sp³-hybridized carbons (Fsp3) is 0.281. The first-order valence-corrected chi connectivity index (χ1v) is 13.4. The molecular formula is C32H34N4O3. The lowest BCUT2D eigenvalue weighted by atomic mass is 10.00. The molecule has 4 aromatic rings. The predicted molar refractivity (Wildman–Crippen MR) is 153 cm³/mol. The highest BCUT2D eigenvalue weighted by Crippen LogP contribution is 2.37. The number of fused-ring (bicyclic) bond motifs is 1. The van der Waals surface area contributed by atoms with Gasteiger partial charge in [-0.25, -0.2) is 4.98 Å². The number of hydrogen-bond donors (Lipinski definition) is 2. The molecule has 0 saturated carbocycles. The van der Waals surface area contributed by atoms with Crippen LogP contribution >= 0.6 is 0 Å². The van der Waals surface area contributed by atoms with E-state index in [1.165, 1.54) is 0 Å². The van der Waals surface area contributed by atoms with Gasteiger partial charge in [0.05, 0.1) is 35.9 Å². The van der Waals surface area contributed by atoms with E-state index in [-0.39, 0.29) is 24.5 Å². The monoisotopic (exact) mass is 522 g/mol. The molecule has 1 aromatic heterocycles. The zero-order chi connectivity index (χ0) is 27.4. The molecule has 1 fully saturated rings. The van der Waals surface area contributed by atoms with E-state index in [1.807, 2.05) is 98.8 Å². The molecule has 0 unspecified atom stereocenters. The first-order chi connectivity index (χ1) is 18.9. The number of carbonyl (C=O) groups is 2. The molecule has 7 nitrogen and oxygen atoms in total. The van der Waals surface area contributed by atoms with Gasteiger partial charge in [-0.3, -0.25) is 14.9 Å². The third-order valence-electron chi connectivity index (χ3n) is 7.25. The number of nitrogens with zero attached hydrogens (tertiary/aromatic N) is 2. The average Bonchev–Trinajstić information content (AvgIpc) is 3.23. The minimum atomic E-state index is -0.464.